The third-order valence-corrected chi connectivity index (χ3v) is 9.27. The molecule has 2 unspecified atom stereocenters. The van der Waals surface area contributed by atoms with Gasteiger partial charge in [-0.15, -0.1) is 0 Å². The van der Waals surface area contributed by atoms with E-state index in [1.54, 1.807) is 18.2 Å². The molecule has 0 amide bonds. The highest BCUT2D eigenvalue weighted by molar-refractivity contribution is 5.89. The van der Waals surface area contributed by atoms with Crippen LogP contribution in [0.25, 0.3) is 10.8 Å². The SMILES string of the molecule is COC(=O)C1CC(NCc2ccc3c(C(F)(F)F)c(O[C@H]4CC[C@@H](C)CC4)ccc3c2)C12CCCCC2. The largest absolute Gasteiger partial charge is 0.490 e. The minimum absolute atomic E-state index is 0.0607. The molecule has 1 N–H and O–H groups in total. The predicted octanol–water partition coefficient (Wildman–Crippen LogP) is 7.42. The maximum Gasteiger partial charge on any atom is 0.420 e. The number of fused-ring (bicyclic) bond motifs is 1. The zero-order chi connectivity index (χ0) is 26.2. The molecule has 0 heterocycles. The fraction of sp³-hybridized carbons (Fsp3) is 0.633. The van der Waals surface area contributed by atoms with Crippen LogP contribution in [0.3, 0.4) is 0 Å². The first-order valence-corrected chi connectivity index (χ1v) is 13.8. The van der Waals surface area contributed by atoms with Crippen LogP contribution in [-0.2, 0) is 22.3 Å². The van der Waals surface area contributed by atoms with Gasteiger partial charge < -0.3 is 14.8 Å². The molecule has 3 aliphatic rings. The van der Waals surface area contributed by atoms with E-state index in [1.165, 1.54) is 19.6 Å². The summed E-state index contributed by atoms with van der Waals surface area (Å²) in [5.41, 5.74) is 0.196. The molecule has 0 radical (unpaired) electrons. The van der Waals surface area contributed by atoms with E-state index < -0.39 is 11.7 Å². The van der Waals surface area contributed by atoms with Gasteiger partial charge in [-0.25, -0.2) is 0 Å². The molecule has 7 heteroatoms. The molecule has 37 heavy (non-hydrogen) atoms. The number of carbonyl (C=O) groups excluding carboxylic acids is 1. The third kappa shape index (κ3) is 5.21. The van der Waals surface area contributed by atoms with Gasteiger partial charge in [0.2, 0.25) is 0 Å². The van der Waals surface area contributed by atoms with E-state index in [4.69, 9.17) is 9.47 Å². The molecule has 4 nitrogen and oxygen atoms in total. The molecule has 1 spiro atoms. The Kier molecular flexibility index (Phi) is 7.45. The average Bonchev–Trinajstić information content (AvgIpc) is 2.88. The van der Waals surface area contributed by atoms with Crippen molar-refractivity contribution in [3.63, 3.8) is 0 Å². The van der Waals surface area contributed by atoms with Gasteiger partial charge in [-0.2, -0.15) is 13.2 Å². The summed E-state index contributed by atoms with van der Waals surface area (Å²) in [5, 5.41) is 4.37. The Morgan fingerprint density at radius 3 is 2.46 bits per heavy atom. The van der Waals surface area contributed by atoms with Gasteiger partial charge in [0.05, 0.1) is 19.1 Å². The number of esters is 1. The Balaban J connectivity index is 1.33. The van der Waals surface area contributed by atoms with Crippen molar-refractivity contribution in [3.8, 4) is 5.75 Å². The molecule has 2 atom stereocenters. The van der Waals surface area contributed by atoms with Crippen molar-refractivity contribution in [3.05, 3.63) is 41.5 Å². The summed E-state index contributed by atoms with van der Waals surface area (Å²) in [7, 11) is 1.45. The van der Waals surface area contributed by atoms with E-state index in [0.717, 1.165) is 63.4 Å². The average molecular weight is 518 g/mol. The smallest absolute Gasteiger partial charge is 0.420 e. The number of benzene rings is 2. The minimum Gasteiger partial charge on any atom is -0.490 e. The number of methoxy groups -OCH3 is 1. The van der Waals surface area contributed by atoms with Crippen LogP contribution < -0.4 is 10.1 Å². The summed E-state index contributed by atoms with van der Waals surface area (Å²) in [6.45, 7) is 2.73. The van der Waals surface area contributed by atoms with Crippen molar-refractivity contribution in [2.24, 2.45) is 17.3 Å². The van der Waals surface area contributed by atoms with Gasteiger partial charge >= 0.3 is 12.1 Å². The monoisotopic (exact) mass is 517 g/mol. The number of hydrogen-bond acceptors (Lipinski definition) is 4. The Bertz CT molecular complexity index is 1120. The highest BCUT2D eigenvalue weighted by Gasteiger charge is 2.58. The maximum atomic E-state index is 14.2. The van der Waals surface area contributed by atoms with E-state index in [-0.39, 0.29) is 40.6 Å². The second kappa shape index (κ2) is 10.5. The molecule has 0 aliphatic heterocycles. The van der Waals surface area contributed by atoms with Crippen LogP contribution >= 0.6 is 0 Å². The topological polar surface area (TPSA) is 47.6 Å². The highest BCUT2D eigenvalue weighted by Crippen LogP contribution is 2.56. The first-order valence-electron chi connectivity index (χ1n) is 13.8. The summed E-state index contributed by atoms with van der Waals surface area (Å²) >= 11 is 0. The fourth-order valence-corrected chi connectivity index (χ4v) is 7.08. The van der Waals surface area contributed by atoms with Gasteiger partial charge in [-0.3, -0.25) is 4.79 Å². The molecule has 2 aromatic carbocycles. The van der Waals surface area contributed by atoms with Gasteiger partial charge in [-0.1, -0.05) is 44.4 Å². The van der Waals surface area contributed by atoms with Gasteiger partial charge in [0.25, 0.3) is 0 Å². The number of alkyl halides is 3. The lowest BCUT2D eigenvalue weighted by Crippen LogP contribution is -2.62. The Morgan fingerprint density at radius 2 is 1.78 bits per heavy atom. The molecular weight excluding hydrogens is 479 g/mol. The Morgan fingerprint density at radius 1 is 1.05 bits per heavy atom. The summed E-state index contributed by atoms with van der Waals surface area (Å²) in [4.78, 5) is 12.4. The second-order valence-electron chi connectivity index (χ2n) is 11.5. The van der Waals surface area contributed by atoms with E-state index in [9.17, 15) is 18.0 Å². The van der Waals surface area contributed by atoms with Crippen LogP contribution in [0.5, 0.6) is 5.75 Å². The fourth-order valence-electron chi connectivity index (χ4n) is 7.08. The molecule has 202 valence electrons. The molecule has 3 fully saturated rings. The van der Waals surface area contributed by atoms with Crippen molar-refractivity contribution in [1.29, 1.82) is 0 Å². The summed E-state index contributed by atoms with van der Waals surface area (Å²) in [6.07, 6.45) is 5.09. The van der Waals surface area contributed by atoms with E-state index in [1.807, 2.05) is 6.07 Å². The van der Waals surface area contributed by atoms with Crippen molar-refractivity contribution in [1.82, 2.24) is 5.32 Å². The quantitative estimate of drug-likeness (QED) is 0.405. The molecule has 0 bridgehead atoms. The van der Waals surface area contributed by atoms with Crippen LogP contribution in [0, 0.1) is 17.3 Å². The summed E-state index contributed by atoms with van der Waals surface area (Å²) in [6, 6.07) is 8.65. The van der Waals surface area contributed by atoms with Gasteiger partial charge in [0.15, 0.2) is 0 Å². The van der Waals surface area contributed by atoms with Crippen molar-refractivity contribution in [2.45, 2.75) is 96.0 Å². The third-order valence-electron chi connectivity index (χ3n) is 9.27. The summed E-state index contributed by atoms with van der Waals surface area (Å²) in [5.74, 6) is 0.357. The van der Waals surface area contributed by atoms with Crippen LogP contribution in [0.4, 0.5) is 13.2 Å². The second-order valence-corrected chi connectivity index (χ2v) is 11.5. The molecular formula is C30H38F3NO3. The van der Waals surface area contributed by atoms with Crippen molar-refractivity contribution < 1.29 is 27.4 Å². The minimum atomic E-state index is -4.50. The number of carbonyl (C=O) groups is 1. The Labute approximate surface area is 217 Å². The molecule has 0 aromatic heterocycles. The molecule has 3 aliphatic carbocycles. The van der Waals surface area contributed by atoms with E-state index in [2.05, 4.69) is 12.2 Å². The number of nitrogens with one attached hydrogen (secondary N) is 1. The maximum absolute atomic E-state index is 14.2. The van der Waals surface area contributed by atoms with Gasteiger partial charge in [0, 0.05) is 12.6 Å². The number of halogens is 3. The number of hydrogen-bond donors (Lipinski definition) is 1. The molecule has 2 aromatic rings. The lowest BCUT2D eigenvalue weighted by Gasteiger charge is -2.57. The number of rotatable bonds is 6. The predicted molar refractivity (Wildman–Crippen MR) is 137 cm³/mol. The van der Waals surface area contributed by atoms with Crippen molar-refractivity contribution in [2.75, 3.05) is 7.11 Å². The molecule has 5 rings (SSSR count). The van der Waals surface area contributed by atoms with Crippen LogP contribution in [0.15, 0.2) is 30.3 Å². The lowest BCUT2D eigenvalue weighted by atomic mass is 9.50. The number of ether oxygens (including phenoxy) is 2. The van der Waals surface area contributed by atoms with Crippen LogP contribution in [0.2, 0.25) is 0 Å². The molecule has 3 saturated carbocycles. The van der Waals surface area contributed by atoms with Crippen LogP contribution in [0.1, 0.15) is 82.3 Å². The lowest BCUT2D eigenvalue weighted by molar-refractivity contribution is -0.165. The Hall–Kier alpha value is -2.28. The zero-order valence-corrected chi connectivity index (χ0v) is 21.8. The van der Waals surface area contributed by atoms with Crippen LogP contribution in [-0.4, -0.2) is 25.2 Å². The zero-order valence-electron chi connectivity index (χ0n) is 21.8. The molecule has 0 saturated heterocycles. The van der Waals surface area contributed by atoms with E-state index >= 15 is 0 Å². The summed E-state index contributed by atoms with van der Waals surface area (Å²) < 4.78 is 53.6. The van der Waals surface area contributed by atoms with Gasteiger partial charge in [-0.05, 0) is 84.7 Å². The van der Waals surface area contributed by atoms with Crippen molar-refractivity contribution >= 4 is 16.7 Å². The van der Waals surface area contributed by atoms with E-state index in [0.29, 0.717) is 17.8 Å². The highest BCUT2D eigenvalue weighted by atomic mass is 19.4. The normalized spacial score (nSPS) is 27.6. The first-order chi connectivity index (χ1) is 17.7. The standard InChI is InChI=1S/C30H38F3NO3/c1-19-6-10-22(11-7-19)37-25-13-9-21-16-20(8-12-23(21)27(25)30(31,32)33)18-34-26-17-24(28(35)36-2)29(26)14-4-3-5-15-29/h8-9,12-13,16,19,22,24,26,34H,3-7,10-11,14-15,17-18H2,1-2H3/t19-,22+,24?,26?. The van der Waals surface area contributed by atoms with Gasteiger partial charge in [0.1, 0.15) is 11.3 Å². The first kappa shape index (κ1) is 26.3.